The van der Waals surface area contributed by atoms with Gasteiger partial charge in [0.2, 0.25) is 0 Å². The van der Waals surface area contributed by atoms with Crippen molar-refractivity contribution in [1.82, 2.24) is 0 Å². The molecule has 6 unspecified atom stereocenters. The van der Waals surface area contributed by atoms with E-state index in [-0.39, 0.29) is 15.6 Å². The highest BCUT2D eigenvalue weighted by molar-refractivity contribution is 7.90. The summed E-state index contributed by atoms with van der Waals surface area (Å²) in [5, 5.41) is 0. The minimum Gasteiger partial charge on any atom is -0.148 e. The largest absolute Gasteiger partial charge is 0.148 e. The number of hydrogen-bond donors (Lipinski definition) is 0. The van der Waals surface area contributed by atoms with Gasteiger partial charge in [-0.1, -0.05) is 46.2 Å². The highest BCUT2D eigenvalue weighted by Crippen LogP contribution is 2.58. The minimum absolute atomic E-state index is 0.236. The molecule has 0 aliphatic heterocycles. The van der Waals surface area contributed by atoms with Gasteiger partial charge in [-0.3, -0.25) is 0 Å². The van der Waals surface area contributed by atoms with Crippen LogP contribution in [0.5, 0.6) is 0 Å². The van der Waals surface area contributed by atoms with Crippen molar-refractivity contribution in [2.24, 2.45) is 11.8 Å². The summed E-state index contributed by atoms with van der Waals surface area (Å²) in [7, 11) is 0.473. The number of hydrogen-bond acceptors (Lipinski definition) is 0. The maximum Gasteiger partial charge on any atom is 0.138 e. The molecule has 0 bridgehead atoms. The summed E-state index contributed by atoms with van der Waals surface area (Å²) in [6.45, 7) is 15.0. The van der Waals surface area contributed by atoms with Crippen LogP contribution in [0.1, 0.15) is 39.5 Å². The van der Waals surface area contributed by atoms with Gasteiger partial charge in [0.05, 0.1) is 0 Å². The SMILES string of the molecule is CCC1CC1P(C)[B]C[B]P(C)C1CC1CC. The van der Waals surface area contributed by atoms with Gasteiger partial charge in [0.15, 0.2) is 0 Å². The second kappa shape index (κ2) is 6.43. The highest BCUT2D eigenvalue weighted by Gasteiger charge is 2.40. The van der Waals surface area contributed by atoms with Gasteiger partial charge in [0, 0.05) is 0 Å². The van der Waals surface area contributed by atoms with Gasteiger partial charge >= 0.3 is 0 Å². The second-order valence-electron chi connectivity index (χ2n) is 5.87. The minimum atomic E-state index is 0.236. The average Bonchev–Trinajstić information content (AvgIpc) is 3.20. The summed E-state index contributed by atoms with van der Waals surface area (Å²) in [4.78, 5) is 0. The van der Waals surface area contributed by atoms with E-state index in [1.54, 1.807) is 0 Å². The normalized spacial score (nSPS) is 38.4. The predicted octanol–water partition coefficient (Wildman–Crippen LogP) is 4.42. The Morgan fingerprint density at radius 3 is 1.59 bits per heavy atom. The molecular weight excluding hydrogens is 240 g/mol. The second-order valence-corrected chi connectivity index (χ2v) is 10.6. The van der Waals surface area contributed by atoms with Crippen molar-refractivity contribution in [1.29, 1.82) is 0 Å². The van der Waals surface area contributed by atoms with Crippen molar-refractivity contribution >= 4 is 29.6 Å². The molecule has 2 radical (unpaired) electrons. The first kappa shape index (κ1) is 14.4. The van der Waals surface area contributed by atoms with Gasteiger partial charge in [-0.15, -0.1) is 15.6 Å². The van der Waals surface area contributed by atoms with E-state index in [1.165, 1.54) is 31.9 Å². The molecule has 0 nitrogen and oxygen atoms in total. The Morgan fingerprint density at radius 2 is 1.29 bits per heavy atom. The third-order valence-corrected chi connectivity index (χ3v) is 9.58. The molecule has 2 rings (SSSR count). The van der Waals surface area contributed by atoms with Crippen LogP contribution in [-0.4, -0.2) is 38.6 Å². The van der Waals surface area contributed by atoms with E-state index in [1.807, 2.05) is 0 Å². The Hall–Kier alpha value is 0.990. The Balaban J connectivity index is 1.54. The lowest BCUT2D eigenvalue weighted by molar-refractivity contribution is 0.802. The van der Waals surface area contributed by atoms with E-state index in [4.69, 9.17) is 0 Å². The van der Waals surface area contributed by atoms with Crippen LogP contribution in [0.3, 0.4) is 0 Å². The van der Waals surface area contributed by atoms with E-state index < -0.39 is 0 Å². The van der Waals surface area contributed by atoms with E-state index >= 15 is 0 Å². The topological polar surface area (TPSA) is 0 Å². The van der Waals surface area contributed by atoms with Gasteiger partial charge < -0.3 is 0 Å². The van der Waals surface area contributed by atoms with Crippen LogP contribution >= 0.6 is 15.6 Å². The third-order valence-electron chi connectivity index (χ3n) is 4.65. The summed E-state index contributed by atoms with van der Waals surface area (Å²) >= 11 is 0. The quantitative estimate of drug-likeness (QED) is 0.450. The fraction of sp³-hybridized carbons (Fsp3) is 1.00. The summed E-state index contributed by atoms with van der Waals surface area (Å²) in [5.41, 5.74) is 2.19. The molecule has 2 fully saturated rings. The highest BCUT2D eigenvalue weighted by atomic mass is 31.1. The molecule has 2 saturated carbocycles. The van der Waals surface area contributed by atoms with Crippen molar-refractivity contribution < 1.29 is 0 Å². The number of rotatable bonds is 8. The van der Waals surface area contributed by atoms with E-state index in [2.05, 4.69) is 41.2 Å². The van der Waals surface area contributed by atoms with E-state index in [0.29, 0.717) is 0 Å². The zero-order valence-corrected chi connectivity index (χ0v) is 13.7. The monoisotopic (exact) mass is 266 g/mol. The molecule has 2 aliphatic rings. The lowest BCUT2D eigenvalue weighted by atomic mass is 9.84. The van der Waals surface area contributed by atoms with Gasteiger partial charge in [0.1, 0.15) is 14.0 Å². The third kappa shape index (κ3) is 3.98. The molecule has 0 aromatic heterocycles. The molecule has 94 valence electrons. The maximum absolute atomic E-state index is 2.65. The predicted molar refractivity (Wildman–Crippen MR) is 86.4 cm³/mol. The fourth-order valence-corrected chi connectivity index (χ4v) is 7.53. The van der Waals surface area contributed by atoms with Crippen LogP contribution in [0.15, 0.2) is 0 Å². The van der Waals surface area contributed by atoms with Crippen LogP contribution in [-0.2, 0) is 0 Å². The van der Waals surface area contributed by atoms with Gasteiger partial charge in [-0.2, -0.15) is 0 Å². The average molecular weight is 266 g/mol. The standard InChI is InChI=1S/C13H26B2P2/c1-5-10-7-12(10)16(3)14-9-15-17(4)13-8-11(13)6-2/h10-13H,5-9H2,1-4H3. The Kier molecular flexibility index (Phi) is 5.45. The molecular formula is C13H26B2P2. The Bertz CT molecular complexity index is 226. The van der Waals surface area contributed by atoms with E-state index in [9.17, 15) is 0 Å². The van der Waals surface area contributed by atoms with Crippen molar-refractivity contribution in [3.8, 4) is 0 Å². The van der Waals surface area contributed by atoms with Crippen LogP contribution < -0.4 is 0 Å². The molecule has 4 heteroatoms. The molecule has 0 spiro atoms. The van der Waals surface area contributed by atoms with Crippen molar-refractivity contribution in [3.05, 3.63) is 0 Å². The van der Waals surface area contributed by atoms with Crippen LogP contribution in [0.2, 0.25) is 6.22 Å². The Morgan fingerprint density at radius 1 is 0.882 bits per heavy atom. The smallest absolute Gasteiger partial charge is 0.138 e. The van der Waals surface area contributed by atoms with Gasteiger partial charge in [-0.05, 0) is 36.0 Å². The lowest BCUT2D eigenvalue weighted by Crippen LogP contribution is -2.01. The summed E-state index contributed by atoms with van der Waals surface area (Å²) in [6, 6.07) is 0. The molecule has 6 atom stereocenters. The molecule has 0 heterocycles. The van der Waals surface area contributed by atoms with Crippen LogP contribution in [0.4, 0.5) is 0 Å². The summed E-state index contributed by atoms with van der Waals surface area (Å²) in [6.07, 6.45) is 7.17. The molecule has 17 heavy (non-hydrogen) atoms. The van der Waals surface area contributed by atoms with Crippen LogP contribution in [0.25, 0.3) is 0 Å². The molecule has 0 N–H and O–H groups in total. The first-order valence-electron chi connectivity index (χ1n) is 7.27. The van der Waals surface area contributed by atoms with Crippen molar-refractivity contribution in [3.63, 3.8) is 0 Å². The van der Waals surface area contributed by atoms with E-state index in [0.717, 1.165) is 23.2 Å². The first-order chi connectivity index (χ1) is 8.17. The van der Waals surface area contributed by atoms with Crippen molar-refractivity contribution in [2.75, 3.05) is 13.3 Å². The summed E-state index contributed by atoms with van der Waals surface area (Å²) < 4.78 is 0. The maximum atomic E-state index is 2.65. The lowest BCUT2D eigenvalue weighted by Gasteiger charge is -2.14. The summed E-state index contributed by atoms with van der Waals surface area (Å²) in [5.74, 6) is 2.16. The molecule has 0 aromatic rings. The zero-order chi connectivity index (χ0) is 12.4. The van der Waals surface area contributed by atoms with Gasteiger partial charge in [0.25, 0.3) is 0 Å². The molecule has 0 amide bonds. The van der Waals surface area contributed by atoms with Crippen molar-refractivity contribution in [2.45, 2.75) is 57.1 Å². The Labute approximate surface area is 112 Å². The fourth-order valence-electron chi connectivity index (χ4n) is 2.99. The first-order valence-corrected chi connectivity index (χ1v) is 11.1. The molecule has 0 saturated heterocycles. The van der Waals surface area contributed by atoms with Crippen LogP contribution in [0, 0.1) is 11.8 Å². The van der Waals surface area contributed by atoms with Gasteiger partial charge in [-0.25, -0.2) is 0 Å². The zero-order valence-electron chi connectivity index (χ0n) is 11.9. The molecule has 0 aromatic carbocycles. The molecule has 2 aliphatic carbocycles.